The Labute approximate surface area is 178 Å². The Balaban J connectivity index is 1.93. The second-order valence-corrected chi connectivity index (χ2v) is 9.22. The highest BCUT2D eigenvalue weighted by Gasteiger charge is 2.32. The molecule has 1 aliphatic rings. The Morgan fingerprint density at radius 3 is 2.43 bits per heavy atom. The van der Waals surface area contributed by atoms with Gasteiger partial charge in [-0.05, 0) is 55.3 Å². The molecule has 8 nitrogen and oxygen atoms in total. The van der Waals surface area contributed by atoms with Gasteiger partial charge in [-0.15, -0.1) is 5.10 Å². The molecule has 0 atom stereocenters. The zero-order valence-corrected chi connectivity index (χ0v) is 17.7. The predicted molar refractivity (Wildman–Crippen MR) is 118 cm³/mol. The highest BCUT2D eigenvalue weighted by molar-refractivity contribution is 7.90. The third kappa shape index (κ3) is 3.73. The first-order chi connectivity index (χ1) is 14.3. The number of halogens is 1. The Bertz CT molecular complexity index is 1270. The lowest BCUT2D eigenvalue weighted by Crippen LogP contribution is -2.22. The lowest BCUT2D eigenvalue weighted by atomic mass is 10.1. The van der Waals surface area contributed by atoms with Crippen LogP contribution in [0, 0.1) is 5.92 Å². The quantitative estimate of drug-likeness (QED) is 0.343. The van der Waals surface area contributed by atoms with Gasteiger partial charge in [0.25, 0.3) is 10.0 Å². The van der Waals surface area contributed by atoms with Crippen LogP contribution in [0.25, 0.3) is 10.9 Å². The molecule has 0 saturated heterocycles. The largest absolute Gasteiger partial charge is 0.497 e. The number of rotatable bonds is 6. The normalized spacial score (nSPS) is 14.7. The maximum atomic E-state index is 13.4. The molecule has 156 valence electrons. The summed E-state index contributed by atoms with van der Waals surface area (Å²) < 4.78 is 33.2. The summed E-state index contributed by atoms with van der Waals surface area (Å²) in [4.78, 5) is 0.135. The molecule has 1 saturated carbocycles. The Morgan fingerprint density at radius 1 is 1.13 bits per heavy atom. The molecule has 10 heteroatoms. The second kappa shape index (κ2) is 7.66. The third-order valence-electron chi connectivity index (χ3n) is 4.86. The summed E-state index contributed by atoms with van der Waals surface area (Å²) in [6.45, 7) is 0. The summed E-state index contributed by atoms with van der Waals surface area (Å²) in [6.07, 6.45) is 3.41. The molecule has 0 bridgehead atoms. The number of ether oxygens (including phenoxy) is 1. The Morgan fingerprint density at radius 2 is 1.83 bits per heavy atom. The highest BCUT2D eigenvalue weighted by Crippen LogP contribution is 2.37. The van der Waals surface area contributed by atoms with E-state index in [2.05, 4.69) is 10.2 Å². The van der Waals surface area contributed by atoms with Crippen molar-refractivity contribution in [2.24, 2.45) is 27.6 Å². The minimum atomic E-state index is -3.87. The summed E-state index contributed by atoms with van der Waals surface area (Å²) in [7, 11) is -2.35. The molecule has 1 heterocycles. The van der Waals surface area contributed by atoms with Crippen molar-refractivity contribution in [2.75, 3.05) is 7.11 Å². The van der Waals surface area contributed by atoms with E-state index in [0.717, 1.165) is 12.8 Å². The zero-order valence-electron chi connectivity index (χ0n) is 16.1. The van der Waals surface area contributed by atoms with Gasteiger partial charge in [0.1, 0.15) is 5.75 Å². The smallest absolute Gasteiger partial charge is 0.268 e. The van der Waals surface area contributed by atoms with E-state index in [1.54, 1.807) is 36.5 Å². The Kier molecular flexibility index (Phi) is 5.17. The van der Waals surface area contributed by atoms with E-state index >= 15 is 0 Å². The number of aromatic nitrogens is 1. The van der Waals surface area contributed by atoms with Gasteiger partial charge in [0.05, 0.1) is 23.2 Å². The number of hydrogen-bond acceptors (Lipinski definition) is 5. The molecule has 0 radical (unpaired) electrons. The van der Waals surface area contributed by atoms with Crippen LogP contribution in [-0.4, -0.2) is 31.2 Å². The summed E-state index contributed by atoms with van der Waals surface area (Å²) >= 11 is 6.21. The molecule has 2 aromatic carbocycles. The van der Waals surface area contributed by atoms with Crippen LogP contribution in [0.3, 0.4) is 0 Å². The van der Waals surface area contributed by atoms with E-state index in [9.17, 15) is 8.42 Å². The van der Waals surface area contributed by atoms with Crippen LogP contribution >= 0.6 is 11.6 Å². The van der Waals surface area contributed by atoms with Crippen molar-refractivity contribution >= 4 is 44.2 Å². The van der Waals surface area contributed by atoms with Crippen molar-refractivity contribution in [1.82, 2.24) is 3.97 Å². The molecule has 30 heavy (non-hydrogen) atoms. The van der Waals surface area contributed by atoms with Crippen LogP contribution in [-0.2, 0) is 10.0 Å². The van der Waals surface area contributed by atoms with E-state index in [1.807, 2.05) is 0 Å². The lowest BCUT2D eigenvalue weighted by molar-refractivity contribution is 0.414. The topological polar surface area (TPSA) is 125 Å². The fourth-order valence-corrected chi connectivity index (χ4v) is 4.80. The van der Waals surface area contributed by atoms with Gasteiger partial charge in [0.15, 0.2) is 0 Å². The standard InChI is InChI=1S/C20H20ClN5O3S/c1-29-14-5-7-15(8-6-14)30(27,28)26-11-17(16-10-13(21)4-9-18(16)26)19(12-2-3-12)24-25-20(22)23/h4-12H,2-3H2,1H3,(H4,22,23,25). The van der Waals surface area contributed by atoms with E-state index in [1.165, 1.54) is 23.2 Å². The van der Waals surface area contributed by atoms with Gasteiger partial charge in [-0.2, -0.15) is 5.10 Å². The first kappa shape index (κ1) is 20.2. The molecule has 0 spiro atoms. The van der Waals surface area contributed by atoms with Crippen LogP contribution in [0.15, 0.2) is 63.8 Å². The molecular weight excluding hydrogens is 426 g/mol. The summed E-state index contributed by atoms with van der Waals surface area (Å²) in [5.41, 5.74) is 12.6. The van der Waals surface area contributed by atoms with Gasteiger partial charge in [-0.3, -0.25) is 0 Å². The SMILES string of the molecule is COc1ccc(S(=O)(=O)n2cc(C(=NN=C(N)N)C3CC3)c3cc(Cl)ccc32)cc1. The van der Waals surface area contributed by atoms with Gasteiger partial charge in [0.2, 0.25) is 5.96 Å². The van der Waals surface area contributed by atoms with E-state index < -0.39 is 10.0 Å². The van der Waals surface area contributed by atoms with Gasteiger partial charge in [-0.1, -0.05) is 11.6 Å². The van der Waals surface area contributed by atoms with Crippen LogP contribution in [0.5, 0.6) is 5.75 Å². The summed E-state index contributed by atoms with van der Waals surface area (Å²) in [5.74, 6) is 0.565. The number of fused-ring (bicyclic) bond motifs is 1. The minimum Gasteiger partial charge on any atom is -0.497 e. The minimum absolute atomic E-state index is 0.135. The maximum absolute atomic E-state index is 13.4. The number of nitrogens with zero attached hydrogens (tertiary/aromatic N) is 3. The van der Waals surface area contributed by atoms with Crippen LogP contribution in [0.1, 0.15) is 18.4 Å². The molecule has 4 N–H and O–H groups in total. The molecule has 0 amide bonds. The number of methoxy groups -OCH3 is 1. The Hall–Kier alpha value is -3.04. The van der Waals surface area contributed by atoms with Crippen LogP contribution in [0.2, 0.25) is 5.02 Å². The molecule has 4 rings (SSSR count). The van der Waals surface area contributed by atoms with Gasteiger partial charge in [0, 0.05) is 28.1 Å². The third-order valence-corrected chi connectivity index (χ3v) is 6.78. The fraction of sp³-hybridized carbons (Fsp3) is 0.200. The maximum Gasteiger partial charge on any atom is 0.268 e. The molecular formula is C20H20ClN5O3S. The molecule has 0 aliphatic heterocycles. The van der Waals surface area contributed by atoms with Gasteiger partial charge < -0.3 is 16.2 Å². The lowest BCUT2D eigenvalue weighted by Gasteiger charge is -2.08. The van der Waals surface area contributed by atoms with Crippen molar-refractivity contribution in [1.29, 1.82) is 0 Å². The number of benzene rings is 2. The van der Waals surface area contributed by atoms with E-state index in [-0.39, 0.29) is 16.8 Å². The zero-order chi connectivity index (χ0) is 21.5. The van der Waals surface area contributed by atoms with E-state index in [0.29, 0.717) is 33.0 Å². The molecule has 1 aliphatic carbocycles. The van der Waals surface area contributed by atoms with Gasteiger partial charge in [-0.25, -0.2) is 12.4 Å². The molecule has 1 fully saturated rings. The monoisotopic (exact) mass is 445 g/mol. The summed E-state index contributed by atoms with van der Waals surface area (Å²) in [5, 5.41) is 9.16. The molecule has 1 aromatic heterocycles. The van der Waals surface area contributed by atoms with E-state index in [4.69, 9.17) is 27.8 Å². The van der Waals surface area contributed by atoms with Gasteiger partial charge >= 0.3 is 0 Å². The van der Waals surface area contributed by atoms with Crippen molar-refractivity contribution in [3.8, 4) is 5.75 Å². The number of nitrogens with two attached hydrogens (primary N) is 2. The second-order valence-electron chi connectivity index (χ2n) is 6.97. The first-order valence-electron chi connectivity index (χ1n) is 9.18. The number of guanidine groups is 1. The number of hydrogen-bond donors (Lipinski definition) is 2. The average molecular weight is 446 g/mol. The predicted octanol–water partition coefficient (Wildman–Crippen LogP) is 2.93. The van der Waals surface area contributed by atoms with Crippen LogP contribution < -0.4 is 16.2 Å². The summed E-state index contributed by atoms with van der Waals surface area (Å²) in [6, 6.07) is 11.3. The van der Waals surface area contributed by atoms with Crippen molar-refractivity contribution in [3.63, 3.8) is 0 Å². The fourth-order valence-electron chi connectivity index (χ4n) is 3.26. The van der Waals surface area contributed by atoms with Crippen molar-refractivity contribution in [3.05, 3.63) is 59.2 Å². The highest BCUT2D eigenvalue weighted by atomic mass is 35.5. The van der Waals surface area contributed by atoms with Crippen molar-refractivity contribution in [2.45, 2.75) is 17.7 Å². The molecule has 0 unspecified atom stereocenters. The van der Waals surface area contributed by atoms with Crippen molar-refractivity contribution < 1.29 is 13.2 Å². The average Bonchev–Trinajstić information content (AvgIpc) is 3.49. The molecule has 3 aromatic rings. The first-order valence-corrected chi connectivity index (χ1v) is 11.0. The van der Waals surface area contributed by atoms with Crippen LogP contribution in [0.4, 0.5) is 0 Å².